The highest BCUT2D eigenvalue weighted by atomic mass is 32.2. The number of aliphatic hydroxyl groups is 1. The fourth-order valence-electron chi connectivity index (χ4n) is 3.31. The Labute approximate surface area is 160 Å². The SMILES string of the molecule is CC1(C)Oc2cc(NS(C)(=O)=O)ccc2C(NCCc2ccccc2)C1O. The van der Waals surface area contributed by atoms with E-state index in [1.807, 2.05) is 32.0 Å². The van der Waals surface area contributed by atoms with Gasteiger partial charge >= 0.3 is 0 Å². The van der Waals surface area contributed by atoms with Crippen molar-refractivity contribution in [3.63, 3.8) is 0 Å². The van der Waals surface area contributed by atoms with Gasteiger partial charge < -0.3 is 15.2 Å². The Morgan fingerprint density at radius 1 is 1.15 bits per heavy atom. The third kappa shape index (κ3) is 4.80. The minimum absolute atomic E-state index is 0.306. The van der Waals surface area contributed by atoms with Gasteiger partial charge in [0.25, 0.3) is 0 Å². The van der Waals surface area contributed by atoms with E-state index in [0.717, 1.165) is 18.2 Å². The average Bonchev–Trinajstić information content (AvgIpc) is 2.57. The van der Waals surface area contributed by atoms with Crippen LogP contribution in [0.5, 0.6) is 5.75 Å². The minimum atomic E-state index is -3.37. The van der Waals surface area contributed by atoms with Crippen LogP contribution >= 0.6 is 0 Å². The largest absolute Gasteiger partial charge is 0.485 e. The Kier molecular flexibility index (Phi) is 5.46. The highest BCUT2D eigenvalue weighted by Crippen LogP contribution is 2.41. The normalized spacial score (nSPS) is 21.2. The Morgan fingerprint density at radius 2 is 1.85 bits per heavy atom. The van der Waals surface area contributed by atoms with Gasteiger partial charge in [-0.1, -0.05) is 36.4 Å². The quantitative estimate of drug-likeness (QED) is 0.705. The molecule has 0 aromatic heterocycles. The minimum Gasteiger partial charge on any atom is -0.485 e. The highest BCUT2D eigenvalue weighted by Gasteiger charge is 2.42. The number of nitrogens with one attached hydrogen (secondary N) is 2. The molecule has 2 atom stereocenters. The highest BCUT2D eigenvalue weighted by molar-refractivity contribution is 7.92. The summed E-state index contributed by atoms with van der Waals surface area (Å²) in [6.45, 7) is 4.34. The summed E-state index contributed by atoms with van der Waals surface area (Å²) in [6, 6.07) is 15.0. The number of fused-ring (bicyclic) bond motifs is 1. The molecule has 0 radical (unpaired) electrons. The summed E-state index contributed by atoms with van der Waals surface area (Å²) in [5.41, 5.74) is 1.67. The molecule has 1 aliphatic rings. The van der Waals surface area contributed by atoms with Crippen LogP contribution in [0.1, 0.15) is 31.0 Å². The van der Waals surface area contributed by atoms with Gasteiger partial charge in [-0.05, 0) is 38.4 Å². The summed E-state index contributed by atoms with van der Waals surface area (Å²) in [4.78, 5) is 0. The van der Waals surface area contributed by atoms with Crippen LogP contribution < -0.4 is 14.8 Å². The first-order chi connectivity index (χ1) is 12.7. The molecule has 0 bridgehead atoms. The van der Waals surface area contributed by atoms with Crippen LogP contribution in [0.25, 0.3) is 0 Å². The molecule has 0 saturated carbocycles. The van der Waals surface area contributed by atoms with Gasteiger partial charge in [-0.15, -0.1) is 0 Å². The maximum absolute atomic E-state index is 11.5. The second kappa shape index (κ2) is 7.50. The molecule has 1 aliphatic heterocycles. The lowest BCUT2D eigenvalue weighted by molar-refractivity contribution is -0.0643. The lowest BCUT2D eigenvalue weighted by Crippen LogP contribution is -2.52. The molecule has 0 spiro atoms. The van der Waals surface area contributed by atoms with Crippen molar-refractivity contribution in [2.75, 3.05) is 17.5 Å². The zero-order chi connectivity index (χ0) is 19.7. The van der Waals surface area contributed by atoms with E-state index in [1.165, 1.54) is 5.56 Å². The fraction of sp³-hybridized carbons (Fsp3) is 0.400. The van der Waals surface area contributed by atoms with E-state index in [4.69, 9.17) is 4.74 Å². The van der Waals surface area contributed by atoms with Crippen molar-refractivity contribution in [2.45, 2.75) is 38.0 Å². The Morgan fingerprint density at radius 3 is 2.52 bits per heavy atom. The van der Waals surface area contributed by atoms with Crippen LogP contribution in [0.15, 0.2) is 48.5 Å². The molecule has 2 aromatic rings. The summed E-state index contributed by atoms with van der Waals surface area (Å²) < 4.78 is 31.4. The Balaban J connectivity index is 1.81. The Bertz CT molecular complexity index is 897. The first-order valence-electron chi connectivity index (χ1n) is 8.92. The van der Waals surface area contributed by atoms with E-state index in [9.17, 15) is 13.5 Å². The predicted molar refractivity (Wildman–Crippen MR) is 107 cm³/mol. The van der Waals surface area contributed by atoms with Crippen molar-refractivity contribution >= 4 is 15.7 Å². The van der Waals surface area contributed by atoms with Gasteiger partial charge in [0.15, 0.2) is 0 Å². The van der Waals surface area contributed by atoms with Gasteiger partial charge in [-0.2, -0.15) is 0 Å². The number of ether oxygens (including phenoxy) is 1. The number of sulfonamides is 1. The van der Waals surface area contributed by atoms with E-state index >= 15 is 0 Å². The number of benzene rings is 2. The van der Waals surface area contributed by atoms with E-state index in [-0.39, 0.29) is 6.04 Å². The maximum Gasteiger partial charge on any atom is 0.229 e. The van der Waals surface area contributed by atoms with Crippen molar-refractivity contribution in [2.24, 2.45) is 0 Å². The second-order valence-electron chi connectivity index (χ2n) is 7.44. The lowest BCUT2D eigenvalue weighted by atomic mass is 9.86. The predicted octanol–water partition coefficient (Wildman–Crippen LogP) is 2.46. The van der Waals surface area contributed by atoms with Crippen LogP contribution in [0, 0.1) is 0 Å². The number of hydrogen-bond acceptors (Lipinski definition) is 5. The number of hydrogen-bond donors (Lipinski definition) is 3. The molecule has 0 saturated heterocycles. The van der Waals surface area contributed by atoms with E-state index in [0.29, 0.717) is 18.0 Å². The van der Waals surface area contributed by atoms with E-state index < -0.39 is 21.7 Å². The molecule has 0 fully saturated rings. The molecule has 27 heavy (non-hydrogen) atoms. The van der Waals surface area contributed by atoms with Gasteiger partial charge in [0.1, 0.15) is 17.5 Å². The third-order valence-electron chi connectivity index (χ3n) is 4.67. The standard InChI is InChI=1S/C20H26N2O4S/c1-20(2)19(23)18(21-12-11-14-7-5-4-6-8-14)16-10-9-15(13-17(16)26-20)22-27(3,24)25/h4-10,13,18-19,21-23H,11-12H2,1-3H3. The van der Waals surface area contributed by atoms with Gasteiger partial charge in [-0.3, -0.25) is 4.72 Å². The summed E-state index contributed by atoms with van der Waals surface area (Å²) in [7, 11) is -3.37. The number of rotatable bonds is 6. The molecule has 3 rings (SSSR count). The van der Waals surface area contributed by atoms with Gasteiger partial charge in [0.05, 0.1) is 18.0 Å². The third-order valence-corrected chi connectivity index (χ3v) is 5.28. The van der Waals surface area contributed by atoms with Crippen LogP contribution in [-0.4, -0.2) is 38.0 Å². The monoisotopic (exact) mass is 390 g/mol. The lowest BCUT2D eigenvalue weighted by Gasteiger charge is -2.42. The van der Waals surface area contributed by atoms with Crippen molar-refractivity contribution in [3.05, 3.63) is 59.7 Å². The molecule has 6 nitrogen and oxygen atoms in total. The van der Waals surface area contributed by atoms with Gasteiger partial charge in [0.2, 0.25) is 10.0 Å². The summed E-state index contributed by atoms with van der Waals surface area (Å²) in [5.74, 6) is 0.566. The zero-order valence-corrected chi connectivity index (χ0v) is 16.6. The summed E-state index contributed by atoms with van der Waals surface area (Å²) >= 11 is 0. The summed E-state index contributed by atoms with van der Waals surface area (Å²) in [5, 5.41) is 14.2. The first kappa shape index (κ1) is 19.7. The Hall–Kier alpha value is -2.09. The molecule has 0 amide bonds. The summed E-state index contributed by atoms with van der Waals surface area (Å²) in [6.07, 6.45) is 1.21. The molecule has 1 heterocycles. The fourth-order valence-corrected chi connectivity index (χ4v) is 3.87. The average molecular weight is 391 g/mol. The van der Waals surface area contributed by atoms with Crippen molar-refractivity contribution in [1.82, 2.24) is 5.32 Å². The van der Waals surface area contributed by atoms with Crippen LogP contribution in [-0.2, 0) is 16.4 Å². The molecule has 0 aliphatic carbocycles. The molecular weight excluding hydrogens is 364 g/mol. The molecule has 146 valence electrons. The van der Waals surface area contributed by atoms with Crippen molar-refractivity contribution in [1.29, 1.82) is 0 Å². The van der Waals surface area contributed by atoms with Crippen LogP contribution in [0.3, 0.4) is 0 Å². The number of aliphatic hydroxyl groups excluding tert-OH is 1. The van der Waals surface area contributed by atoms with Crippen molar-refractivity contribution in [3.8, 4) is 5.75 Å². The topological polar surface area (TPSA) is 87.7 Å². The van der Waals surface area contributed by atoms with E-state index in [2.05, 4.69) is 22.2 Å². The van der Waals surface area contributed by atoms with E-state index in [1.54, 1.807) is 18.2 Å². The van der Waals surface area contributed by atoms with Gasteiger partial charge in [-0.25, -0.2) is 8.42 Å². The van der Waals surface area contributed by atoms with Crippen LogP contribution in [0.4, 0.5) is 5.69 Å². The smallest absolute Gasteiger partial charge is 0.229 e. The zero-order valence-electron chi connectivity index (χ0n) is 15.8. The number of anilines is 1. The molecule has 7 heteroatoms. The van der Waals surface area contributed by atoms with Crippen molar-refractivity contribution < 1.29 is 18.3 Å². The first-order valence-corrected chi connectivity index (χ1v) is 10.8. The molecular formula is C20H26N2O4S. The molecule has 3 N–H and O–H groups in total. The molecule has 2 aromatic carbocycles. The maximum atomic E-state index is 11.5. The van der Waals surface area contributed by atoms with Gasteiger partial charge in [0, 0.05) is 11.6 Å². The second-order valence-corrected chi connectivity index (χ2v) is 9.19. The van der Waals surface area contributed by atoms with Crippen LogP contribution in [0.2, 0.25) is 0 Å². The molecule has 2 unspecified atom stereocenters.